The number of fused-ring (bicyclic) bond motifs is 1. The number of carbonyl (C=O) groups is 1. The third kappa shape index (κ3) is 3.16. The maximum Gasteiger partial charge on any atom is 0.258 e. The minimum Gasteiger partial charge on any atom is -0.340 e. The molecule has 1 spiro atoms. The maximum atomic E-state index is 13.1. The van der Waals surface area contributed by atoms with Gasteiger partial charge in [-0.25, -0.2) is 4.98 Å². The van der Waals surface area contributed by atoms with Crippen LogP contribution in [-0.2, 0) is 11.3 Å². The molecule has 2 aromatic rings. The maximum absolute atomic E-state index is 13.1. The number of amides is 1. The number of nitrogens with zero attached hydrogens (tertiary/aromatic N) is 4. The van der Waals surface area contributed by atoms with Crippen LogP contribution in [0.25, 0.3) is 5.65 Å². The molecular weight excluding hydrogens is 340 g/mol. The van der Waals surface area contributed by atoms with Crippen LogP contribution in [0.2, 0.25) is 0 Å². The molecule has 0 N–H and O–H groups in total. The highest BCUT2D eigenvalue weighted by atomic mass is 16.2. The first kappa shape index (κ1) is 18.2. The summed E-state index contributed by atoms with van der Waals surface area (Å²) < 4.78 is 1.59. The predicted molar refractivity (Wildman–Crippen MR) is 105 cm³/mol. The van der Waals surface area contributed by atoms with Crippen LogP contribution in [0.15, 0.2) is 29.2 Å². The smallest absolute Gasteiger partial charge is 0.258 e. The van der Waals surface area contributed by atoms with Gasteiger partial charge in [0.2, 0.25) is 5.91 Å². The largest absolute Gasteiger partial charge is 0.340 e. The average molecular weight is 368 g/mol. The van der Waals surface area contributed by atoms with Gasteiger partial charge in [-0.15, -0.1) is 0 Å². The van der Waals surface area contributed by atoms with E-state index in [9.17, 15) is 9.59 Å². The molecule has 1 atom stereocenters. The Morgan fingerprint density at radius 1 is 1.22 bits per heavy atom. The van der Waals surface area contributed by atoms with E-state index in [1.807, 2.05) is 24.0 Å². The Morgan fingerprint density at radius 2 is 2.04 bits per heavy atom. The zero-order valence-electron chi connectivity index (χ0n) is 16.4. The van der Waals surface area contributed by atoms with E-state index in [1.165, 1.54) is 0 Å². The van der Waals surface area contributed by atoms with Gasteiger partial charge in [-0.3, -0.25) is 18.9 Å². The normalized spacial score (nSPS) is 23.9. The van der Waals surface area contributed by atoms with Gasteiger partial charge in [0.05, 0.1) is 11.1 Å². The number of rotatable bonds is 3. The van der Waals surface area contributed by atoms with Gasteiger partial charge in [-0.2, -0.15) is 0 Å². The summed E-state index contributed by atoms with van der Waals surface area (Å²) in [4.78, 5) is 34.6. The van der Waals surface area contributed by atoms with Crippen molar-refractivity contribution < 1.29 is 4.79 Å². The molecule has 6 nitrogen and oxygen atoms in total. The molecule has 144 valence electrons. The summed E-state index contributed by atoms with van der Waals surface area (Å²) in [6.07, 6.45) is 4.71. The molecule has 2 saturated heterocycles. The van der Waals surface area contributed by atoms with E-state index in [0.29, 0.717) is 18.1 Å². The second-order valence-corrected chi connectivity index (χ2v) is 8.41. The molecule has 2 fully saturated rings. The van der Waals surface area contributed by atoms with Crippen LogP contribution < -0.4 is 5.56 Å². The van der Waals surface area contributed by atoms with Crippen molar-refractivity contribution in [1.29, 1.82) is 0 Å². The summed E-state index contributed by atoms with van der Waals surface area (Å²) in [7, 11) is 0. The van der Waals surface area contributed by atoms with E-state index in [-0.39, 0.29) is 17.0 Å². The first-order chi connectivity index (χ1) is 12.9. The van der Waals surface area contributed by atoms with E-state index >= 15 is 0 Å². The molecule has 27 heavy (non-hydrogen) atoms. The SMILES string of the molecule is Cc1cccn2c(=O)cc(CN3CC[C@]4(CCCN(C(C)C)C4=O)C3)nc12. The quantitative estimate of drug-likeness (QED) is 0.834. The Labute approximate surface area is 159 Å². The van der Waals surface area contributed by atoms with E-state index in [2.05, 4.69) is 18.7 Å². The van der Waals surface area contributed by atoms with Crippen LogP contribution in [0, 0.1) is 12.3 Å². The highest BCUT2D eigenvalue weighted by Gasteiger charge is 2.48. The van der Waals surface area contributed by atoms with Crippen molar-refractivity contribution in [1.82, 2.24) is 19.2 Å². The fourth-order valence-electron chi connectivity index (χ4n) is 4.68. The fourth-order valence-corrected chi connectivity index (χ4v) is 4.68. The van der Waals surface area contributed by atoms with Gasteiger partial charge in [-0.1, -0.05) is 6.07 Å². The van der Waals surface area contributed by atoms with Gasteiger partial charge < -0.3 is 4.90 Å². The molecule has 0 aromatic carbocycles. The lowest BCUT2D eigenvalue weighted by molar-refractivity contribution is -0.147. The Hall–Kier alpha value is -2.21. The first-order valence-electron chi connectivity index (χ1n) is 9.91. The number of pyridine rings is 1. The van der Waals surface area contributed by atoms with Crippen molar-refractivity contribution in [2.75, 3.05) is 19.6 Å². The number of likely N-dealkylation sites (tertiary alicyclic amines) is 2. The Kier molecular flexibility index (Phi) is 4.54. The van der Waals surface area contributed by atoms with Crippen LogP contribution >= 0.6 is 0 Å². The lowest BCUT2D eigenvalue weighted by atomic mass is 9.78. The Morgan fingerprint density at radius 3 is 2.81 bits per heavy atom. The topological polar surface area (TPSA) is 57.9 Å². The van der Waals surface area contributed by atoms with E-state index in [4.69, 9.17) is 4.98 Å². The predicted octanol–water partition coefficient (Wildman–Crippen LogP) is 2.23. The second-order valence-electron chi connectivity index (χ2n) is 8.41. The molecular formula is C21H28N4O2. The van der Waals surface area contributed by atoms with E-state index < -0.39 is 0 Å². The van der Waals surface area contributed by atoms with E-state index in [0.717, 1.165) is 50.2 Å². The summed E-state index contributed by atoms with van der Waals surface area (Å²) in [6, 6.07) is 5.72. The van der Waals surface area contributed by atoms with Gasteiger partial charge in [-0.05, 0) is 58.2 Å². The van der Waals surface area contributed by atoms with Gasteiger partial charge in [0.25, 0.3) is 5.56 Å². The Bertz CT molecular complexity index is 935. The van der Waals surface area contributed by atoms with Crippen molar-refractivity contribution in [3.05, 3.63) is 46.0 Å². The molecule has 2 aromatic heterocycles. The van der Waals surface area contributed by atoms with Crippen molar-refractivity contribution in [3.8, 4) is 0 Å². The number of aromatic nitrogens is 2. The summed E-state index contributed by atoms with van der Waals surface area (Å²) in [5.41, 5.74) is 2.20. The van der Waals surface area contributed by atoms with Crippen LogP contribution in [0.1, 0.15) is 44.4 Å². The minimum atomic E-state index is -0.246. The lowest BCUT2D eigenvalue weighted by Gasteiger charge is -2.41. The summed E-state index contributed by atoms with van der Waals surface area (Å²) in [6.45, 7) is 9.31. The van der Waals surface area contributed by atoms with E-state index in [1.54, 1.807) is 16.7 Å². The molecule has 6 heteroatoms. The lowest BCUT2D eigenvalue weighted by Crippen LogP contribution is -2.52. The second kappa shape index (κ2) is 6.75. The zero-order valence-corrected chi connectivity index (χ0v) is 16.4. The number of hydrogen-bond acceptors (Lipinski definition) is 4. The first-order valence-corrected chi connectivity index (χ1v) is 9.91. The molecule has 0 bridgehead atoms. The standard InChI is InChI=1S/C21H28N4O2/c1-15(2)24-10-5-7-21(20(24)27)8-11-23(14-21)13-17-12-18(26)25-9-4-6-16(3)19(25)22-17/h4,6,9,12,15H,5,7-8,10-11,13-14H2,1-3H3/t21-/m1/s1. The summed E-state index contributed by atoms with van der Waals surface area (Å²) in [5.74, 6) is 0.314. The number of piperidine rings is 1. The molecule has 2 aliphatic rings. The van der Waals surface area contributed by atoms with Gasteiger partial charge >= 0.3 is 0 Å². The van der Waals surface area contributed by atoms with Crippen molar-refractivity contribution in [2.45, 2.75) is 52.6 Å². The third-order valence-corrected chi connectivity index (χ3v) is 6.15. The number of carbonyl (C=O) groups excluding carboxylic acids is 1. The fraction of sp³-hybridized carbons (Fsp3) is 0.571. The zero-order chi connectivity index (χ0) is 19.2. The third-order valence-electron chi connectivity index (χ3n) is 6.15. The monoisotopic (exact) mass is 368 g/mol. The molecule has 0 radical (unpaired) electrons. The minimum absolute atomic E-state index is 0.0488. The molecule has 2 aliphatic heterocycles. The molecule has 1 amide bonds. The summed E-state index contributed by atoms with van der Waals surface area (Å²) in [5, 5.41) is 0. The molecule has 0 aliphatic carbocycles. The van der Waals surface area contributed by atoms with Crippen LogP contribution in [0.5, 0.6) is 0 Å². The Balaban J connectivity index is 1.55. The van der Waals surface area contributed by atoms with Gasteiger partial charge in [0.15, 0.2) is 0 Å². The highest BCUT2D eigenvalue weighted by molar-refractivity contribution is 5.84. The molecule has 4 rings (SSSR count). The van der Waals surface area contributed by atoms with Gasteiger partial charge in [0, 0.05) is 37.9 Å². The van der Waals surface area contributed by atoms with Crippen LogP contribution in [0.4, 0.5) is 0 Å². The number of hydrogen-bond donors (Lipinski definition) is 0. The molecule has 0 saturated carbocycles. The number of aryl methyl sites for hydroxylation is 1. The summed E-state index contributed by atoms with van der Waals surface area (Å²) >= 11 is 0. The molecule has 4 heterocycles. The van der Waals surface area contributed by atoms with Crippen LogP contribution in [-0.4, -0.2) is 50.8 Å². The van der Waals surface area contributed by atoms with Gasteiger partial charge in [0.1, 0.15) is 5.65 Å². The van der Waals surface area contributed by atoms with Crippen molar-refractivity contribution in [2.24, 2.45) is 5.41 Å². The highest BCUT2D eigenvalue weighted by Crippen LogP contribution is 2.40. The van der Waals surface area contributed by atoms with Crippen LogP contribution in [0.3, 0.4) is 0 Å². The molecule has 0 unspecified atom stereocenters. The van der Waals surface area contributed by atoms with Crippen molar-refractivity contribution in [3.63, 3.8) is 0 Å². The van der Waals surface area contributed by atoms with Crippen molar-refractivity contribution >= 4 is 11.6 Å². The average Bonchev–Trinajstić information content (AvgIpc) is 3.02.